The fourth-order valence-corrected chi connectivity index (χ4v) is 1.11. The summed E-state index contributed by atoms with van der Waals surface area (Å²) in [7, 11) is 0. The van der Waals surface area contributed by atoms with Gasteiger partial charge in [-0.05, 0) is 12.1 Å². The van der Waals surface area contributed by atoms with E-state index in [1.807, 2.05) is 0 Å². The molecule has 12 heavy (non-hydrogen) atoms. The van der Waals surface area contributed by atoms with Crippen molar-refractivity contribution in [3.05, 3.63) is 29.8 Å². The van der Waals surface area contributed by atoms with Crippen LogP contribution in [0.5, 0.6) is 5.75 Å². The van der Waals surface area contributed by atoms with Gasteiger partial charge in [0.05, 0.1) is 5.56 Å². The highest BCUT2D eigenvalue weighted by atomic mass is 32.2. The summed E-state index contributed by atoms with van der Waals surface area (Å²) in [5.41, 5.74) is 0.298. The number of rotatable bonds is 2. The lowest BCUT2D eigenvalue weighted by molar-refractivity contribution is 0.0982. The molecular weight excluding hydrogens is 174 g/mol. The largest absolute Gasteiger partial charge is 0.507 e. The summed E-state index contributed by atoms with van der Waals surface area (Å²) in [5, 5.41) is 9.24. The lowest BCUT2D eigenvalue weighted by Crippen LogP contribution is -2.14. The second-order valence-corrected chi connectivity index (χ2v) is 2.76. The van der Waals surface area contributed by atoms with Crippen LogP contribution in [0.2, 0.25) is 0 Å². The van der Waals surface area contributed by atoms with E-state index >= 15 is 0 Å². The van der Waals surface area contributed by atoms with E-state index in [-0.39, 0.29) is 11.7 Å². The van der Waals surface area contributed by atoms with Gasteiger partial charge in [0.2, 0.25) is 0 Å². The van der Waals surface area contributed by atoms with Gasteiger partial charge in [-0.2, -0.15) is 0 Å². The van der Waals surface area contributed by atoms with Crippen LogP contribution in [-0.2, 0) is 0 Å². The van der Waals surface area contributed by atoms with Crippen LogP contribution in [0.4, 0.5) is 0 Å². The van der Waals surface area contributed by atoms with Crippen molar-refractivity contribution in [1.29, 1.82) is 0 Å². The quantitative estimate of drug-likeness (QED) is 0.681. The normalized spacial score (nSPS) is 9.42. The Morgan fingerprint density at radius 1 is 1.50 bits per heavy atom. The Morgan fingerprint density at radius 3 is 2.75 bits per heavy atom. The first-order valence-corrected chi connectivity index (χ1v) is 4.59. The predicted molar refractivity (Wildman–Crippen MR) is 49.1 cm³/mol. The Bertz CT molecular complexity index is 288. The molecule has 0 saturated carbocycles. The topological polar surface area (TPSA) is 49.3 Å². The molecule has 1 amide bonds. The van der Waals surface area contributed by atoms with Gasteiger partial charge < -0.3 is 5.11 Å². The number of hydrogen-bond donors (Lipinski definition) is 2. The minimum atomic E-state index is -0.277. The highest BCUT2D eigenvalue weighted by Gasteiger charge is 2.07. The Labute approximate surface area is 74.9 Å². The average Bonchev–Trinajstić information content (AvgIpc) is 2.05. The highest BCUT2D eigenvalue weighted by molar-refractivity contribution is 7.97. The molecule has 0 aliphatic carbocycles. The third-order valence-electron chi connectivity index (χ3n) is 1.34. The van der Waals surface area contributed by atoms with Crippen molar-refractivity contribution in [3.63, 3.8) is 0 Å². The van der Waals surface area contributed by atoms with Gasteiger partial charge in [0.25, 0.3) is 5.91 Å². The van der Waals surface area contributed by atoms with Gasteiger partial charge in [-0.1, -0.05) is 24.1 Å². The molecule has 0 atom stereocenters. The first-order valence-electron chi connectivity index (χ1n) is 3.37. The van der Waals surface area contributed by atoms with E-state index in [9.17, 15) is 9.90 Å². The molecule has 0 unspecified atom stereocenters. The van der Waals surface area contributed by atoms with Crippen molar-refractivity contribution in [2.75, 3.05) is 6.26 Å². The minimum Gasteiger partial charge on any atom is -0.507 e. The Balaban J connectivity index is 2.87. The van der Waals surface area contributed by atoms with Crippen molar-refractivity contribution in [1.82, 2.24) is 4.72 Å². The van der Waals surface area contributed by atoms with Crippen LogP contribution in [0, 0.1) is 0 Å². The molecule has 1 aromatic rings. The first-order chi connectivity index (χ1) is 5.75. The maximum Gasteiger partial charge on any atom is 0.264 e. The van der Waals surface area contributed by atoms with Gasteiger partial charge in [-0.15, -0.1) is 0 Å². The number of phenols is 1. The van der Waals surface area contributed by atoms with Crippen molar-refractivity contribution in [3.8, 4) is 5.75 Å². The third kappa shape index (κ3) is 1.92. The average molecular weight is 183 g/mol. The number of phenolic OH excluding ortho intramolecular Hbond substituents is 1. The lowest BCUT2D eigenvalue weighted by Gasteiger charge is -2.02. The maximum absolute atomic E-state index is 11.2. The molecule has 0 heterocycles. The van der Waals surface area contributed by atoms with Crippen LogP contribution in [0.15, 0.2) is 24.3 Å². The molecule has 0 aromatic heterocycles. The number of hydrogen-bond acceptors (Lipinski definition) is 3. The number of carbonyl (C=O) groups excluding carboxylic acids is 1. The number of benzene rings is 1. The van der Waals surface area contributed by atoms with Crippen LogP contribution in [0.1, 0.15) is 10.4 Å². The van der Waals surface area contributed by atoms with E-state index < -0.39 is 0 Å². The number of para-hydroxylation sites is 1. The standard InChI is InChI=1S/C8H9NO2S/c1-12-9-8(11)6-4-2-3-5-7(6)10/h2-5,10H,1H3,(H,9,11). The summed E-state index contributed by atoms with van der Waals surface area (Å²) in [5.74, 6) is -0.273. The van der Waals surface area contributed by atoms with Crippen molar-refractivity contribution in [2.24, 2.45) is 0 Å². The van der Waals surface area contributed by atoms with Crippen LogP contribution < -0.4 is 4.72 Å². The zero-order chi connectivity index (χ0) is 8.97. The zero-order valence-electron chi connectivity index (χ0n) is 6.57. The van der Waals surface area contributed by atoms with Crippen molar-refractivity contribution < 1.29 is 9.90 Å². The Kier molecular flexibility index (Phi) is 2.99. The molecule has 0 bridgehead atoms. The summed E-state index contributed by atoms with van der Waals surface area (Å²) in [6.07, 6.45) is 1.75. The van der Waals surface area contributed by atoms with E-state index in [2.05, 4.69) is 4.72 Å². The Hall–Kier alpha value is -1.16. The molecule has 0 aliphatic heterocycles. The molecular formula is C8H9NO2S. The SMILES string of the molecule is CSNC(=O)c1ccccc1O. The molecule has 2 N–H and O–H groups in total. The van der Waals surface area contributed by atoms with Crippen LogP contribution >= 0.6 is 11.9 Å². The minimum absolute atomic E-state index is 0.00375. The fraction of sp³-hybridized carbons (Fsp3) is 0.125. The molecule has 1 aromatic carbocycles. The molecule has 1 rings (SSSR count). The number of nitrogens with one attached hydrogen (secondary N) is 1. The van der Waals surface area contributed by atoms with Crippen LogP contribution in [0.25, 0.3) is 0 Å². The monoisotopic (exact) mass is 183 g/mol. The van der Waals surface area contributed by atoms with Gasteiger partial charge in [-0.3, -0.25) is 9.52 Å². The van der Waals surface area contributed by atoms with Gasteiger partial charge in [0.15, 0.2) is 0 Å². The van der Waals surface area contributed by atoms with E-state index in [4.69, 9.17) is 0 Å². The molecule has 0 aliphatic rings. The van der Waals surface area contributed by atoms with Crippen LogP contribution in [-0.4, -0.2) is 17.3 Å². The third-order valence-corrected chi connectivity index (χ3v) is 1.73. The van der Waals surface area contributed by atoms with E-state index in [1.54, 1.807) is 24.5 Å². The zero-order valence-corrected chi connectivity index (χ0v) is 7.39. The van der Waals surface area contributed by atoms with Crippen molar-refractivity contribution >= 4 is 17.9 Å². The molecule has 0 fully saturated rings. The molecule has 0 spiro atoms. The van der Waals surface area contributed by atoms with Gasteiger partial charge in [0.1, 0.15) is 5.75 Å². The van der Waals surface area contributed by atoms with Gasteiger partial charge in [0, 0.05) is 6.26 Å². The first kappa shape index (κ1) is 8.93. The highest BCUT2D eigenvalue weighted by Crippen LogP contribution is 2.15. The number of aromatic hydroxyl groups is 1. The number of carbonyl (C=O) groups is 1. The van der Waals surface area contributed by atoms with Crippen molar-refractivity contribution in [2.45, 2.75) is 0 Å². The summed E-state index contributed by atoms with van der Waals surface area (Å²) in [6.45, 7) is 0. The summed E-state index contributed by atoms with van der Waals surface area (Å²) in [4.78, 5) is 11.2. The fourth-order valence-electron chi connectivity index (χ4n) is 0.813. The summed E-state index contributed by atoms with van der Waals surface area (Å²) < 4.78 is 2.52. The molecule has 4 heteroatoms. The molecule has 64 valence electrons. The maximum atomic E-state index is 11.2. The number of amides is 1. The summed E-state index contributed by atoms with van der Waals surface area (Å²) in [6, 6.07) is 6.43. The predicted octanol–water partition coefficient (Wildman–Crippen LogP) is 1.40. The second kappa shape index (κ2) is 4.01. The van der Waals surface area contributed by atoms with Gasteiger partial charge >= 0.3 is 0 Å². The lowest BCUT2D eigenvalue weighted by atomic mass is 10.2. The molecule has 3 nitrogen and oxygen atoms in total. The molecule has 0 saturated heterocycles. The molecule has 0 radical (unpaired) electrons. The summed E-state index contributed by atoms with van der Waals surface area (Å²) >= 11 is 1.20. The van der Waals surface area contributed by atoms with E-state index in [0.717, 1.165) is 0 Å². The van der Waals surface area contributed by atoms with Gasteiger partial charge in [-0.25, -0.2) is 0 Å². The Morgan fingerprint density at radius 2 is 2.17 bits per heavy atom. The second-order valence-electron chi connectivity index (χ2n) is 2.15. The van der Waals surface area contributed by atoms with E-state index in [1.165, 1.54) is 18.0 Å². The smallest absolute Gasteiger partial charge is 0.264 e. The van der Waals surface area contributed by atoms with E-state index in [0.29, 0.717) is 5.56 Å². The van der Waals surface area contributed by atoms with Crippen LogP contribution in [0.3, 0.4) is 0 Å².